The van der Waals surface area contributed by atoms with Gasteiger partial charge in [0.15, 0.2) is 0 Å². The summed E-state index contributed by atoms with van der Waals surface area (Å²) in [7, 11) is 0. The smallest absolute Gasteiger partial charge is 0.131 e. The zero-order valence-electron chi connectivity index (χ0n) is 6.53. The molecule has 0 aliphatic rings. The Morgan fingerprint density at radius 1 is 1.36 bits per heavy atom. The topological polar surface area (TPSA) is 77.8 Å². The predicted molar refractivity (Wildman–Crippen MR) is 38.9 cm³/mol. The highest BCUT2D eigenvalue weighted by Crippen LogP contribution is 2.23. The molecule has 0 bridgehead atoms. The average molecular weight is 162 g/mol. The minimum absolute atomic E-state index is 0.222. The van der Waals surface area contributed by atoms with Gasteiger partial charge in [-0.2, -0.15) is 0 Å². The van der Waals surface area contributed by atoms with E-state index in [0.717, 1.165) is 0 Å². The molecule has 0 aromatic rings. The van der Waals surface area contributed by atoms with Crippen LogP contribution in [0.3, 0.4) is 0 Å². The Hall–Kier alpha value is -0.450. The second-order valence-electron chi connectivity index (χ2n) is 2.75. The van der Waals surface area contributed by atoms with E-state index in [4.69, 9.17) is 15.3 Å². The number of aliphatic hydroxyl groups excluding tert-OH is 3. The summed E-state index contributed by atoms with van der Waals surface area (Å²) in [6.07, 6.45) is 0.494. The Kier molecular flexibility index (Phi) is 4.25. The lowest BCUT2D eigenvalue weighted by Crippen LogP contribution is -2.39. The molecule has 0 aliphatic carbocycles. The van der Waals surface area contributed by atoms with Crippen LogP contribution in [0, 0.1) is 11.3 Å². The van der Waals surface area contributed by atoms with Crippen LogP contribution in [-0.4, -0.2) is 41.4 Å². The maximum Gasteiger partial charge on any atom is 0.131 e. The zero-order chi connectivity index (χ0) is 8.91. The van der Waals surface area contributed by atoms with Gasteiger partial charge in [-0.25, -0.2) is 0 Å². The third kappa shape index (κ3) is 1.99. The van der Waals surface area contributed by atoms with E-state index in [9.17, 15) is 4.79 Å². The van der Waals surface area contributed by atoms with Gasteiger partial charge in [-0.15, -0.1) is 0 Å². The fourth-order valence-corrected chi connectivity index (χ4v) is 0.734. The van der Waals surface area contributed by atoms with Gasteiger partial charge >= 0.3 is 0 Å². The molecule has 3 N–H and O–H groups in total. The highest BCUT2D eigenvalue weighted by atomic mass is 16.3. The van der Waals surface area contributed by atoms with E-state index in [-0.39, 0.29) is 6.61 Å². The number of aliphatic hydroxyl groups is 3. The van der Waals surface area contributed by atoms with E-state index in [0.29, 0.717) is 6.29 Å². The molecule has 0 rings (SSSR count). The lowest BCUT2D eigenvalue weighted by atomic mass is 9.79. The lowest BCUT2D eigenvalue weighted by molar-refractivity contribution is -0.126. The van der Waals surface area contributed by atoms with Gasteiger partial charge in [0.05, 0.1) is 18.6 Å². The van der Waals surface area contributed by atoms with Crippen molar-refractivity contribution in [3.8, 4) is 0 Å². The first-order valence-corrected chi connectivity index (χ1v) is 3.45. The van der Waals surface area contributed by atoms with Gasteiger partial charge in [0.25, 0.3) is 0 Å². The average Bonchev–Trinajstić information content (AvgIpc) is 2.08. The predicted octanol–water partition coefficient (Wildman–Crippen LogP) is -1.22. The molecule has 4 heteroatoms. The van der Waals surface area contributed by atoms with Crippen molar-refractivity contribution < 1.29 is 20.1 Å². The Morgan fingerprint density at radius 3 is 1.91 bits per heavy atom. The Bertz CT molecular complexity index is 120. The third-order valence-corrected chi connectivity index (χ3v) is 2.08. The summed E-state index contributed by atoms with van der Waals surface area (Å²) in [6, 6.07) is 0. The molecule has 1 atom stereocenters. The molecule has 66 valence electrons. The Labute approximate surface area is 65.5 Å². The van der Waals surface area contributed by atoms with Gasteiger partial charge in [0.2, 0.25) is 0 Å². The van der Waals surface area contributed by atoms with E-state index in [2.05, 4.69) is 0 Å². The molecule has 0 aromatic heterocycles. The molecule has 0 spiro atoms. The van der Waals surface area contributed by atoms with Gasteiger partial charge in [0.1, 0.15) is 6.29 Å². The van der Waals surface area contributed by atoms with E-state index >= 15 is 0 Å². The molecule has 0 saturated carbocycles. The first-order valence-electron chi connectivity index (χ1n) is 3.45. The van der Waals surface area contributed by atoms with Crippen molar-refractivity contribution in [1.82, 2.24) is 0 Å². The minimum atomic E-state index is -1.19. The van der Waals surface area contributed by atoms with E-state index in [1.165, 1.54) is 0 Å². The fraction of sp³-hybridized carbons (Fsp3) is 0.857. The van der Waals surface area contributed by atoms with Crippen LogP contribution in [0.4, 0.5) is 0 Å². The van der Waals surface area contributed by atoms with Gasteiger partial charge < -0.3 is 20.1 Å². The van der Waals surface area contributed by atoms with Gasteiger partial charge in [-0.1, -0.05) is 6.92 Å². The van der Waals surface area contributed by atoms with Crippen molar-refractivity contribution in [3.05, 3.63) is 0 Å². The Balaban J connectivity index is 4.38. The molecule has 0 saturated heterocycles. The molecule has 0 heterocycles. The first kappa shape index (κ1) is 10.6. The number of carbonyl (C=O) groups excluding carboxylic acids is 1. The number of carbonyl (C=O) groups is 1. The monoisotopic (exact) mass is 162 g/mol. The minimum Gasteiger partial charge on any atom is -0.396 e. The van der Waals surface area contributed by atoms with E-state index < -0.39 is 24.5 Å². The normalized spacial score (nSPS) is 14.5. The van der Waals surface area contributed by atoms with Crippen LogP contribution >= 0.6 is 0 Å². The maximum absolute atomic E-state index is 10.5. The molecule has 1 unspecified atom stereocenters. The quantitative estimate of drug-likeness (QED) is 0.443. The number of hydrogen-bond acceptors (Lipinski definition) is 4. The Morgan fingerprint density at radius 2 is 1.82 bits per heavy atom. The van der Waals surface area contributed by atoms with Crippen molar-refractivity contribution in [3.63, 3.8) is 0 Å². The zero-order valence-corrected chi connectivity index (χ0v) is 6.53. The highest BCUT2D eigenvalue weighted by molar-refractivity contribution is 5.60. The van der Waals surface area contributed by atoms with Gasteiger partial charge in [-0.3, -0.25) is 0 Å². The van der Waals surface area contributed by atoms with Gasteiger partial charge in [-0.05, 0) is 5.92 Å². The highest BCUT2D eigenvalue weighted by Gasteiger charge is 2.34. The van der Waals surface area contributed by atoms with Crippen LogP contribution < -0.4 is 0 Å². The van der Waals surface area contributed by atoms with Crippen LogP contribution in [0.2, 0.25) is 0 Å². The molecule has 0 radical (unpaired) electrons. The van der Waals surface area contributed by atoms with Crippen molar-refractivity contribution >= 4 is 6.29 Å². The van der Waals surface area contributed by atoms with Crippen LogP contribution in [0.25, 0.3) is 0 Å². The number of rotatable bonds is 5. The van der Waals surface area contributed by atoms with Crippen molar-refractivity contribution in [1.29, 1.82) is 0 Å². The molecule has 4 nitrogen and oxygen atoms in total. The van der Waals surface area contributed by atoms with E-state index in [1.807, 2.05) is 0 Å². The summed E-state index contributed by atoms with van der Waals surface area (Å²) >= 11 is 0. The van der Waals surface area contributed by atoms with Crippen LogP contribution in [-0.2, 0) is 4.79 Å². The summed E-state index contributed by atoms with van der Waals surface area (Å²) in [5, 5.41) is 26.2. The maximum atomic E-state index is 10.5. The van der Waals surface area contributed by atoms with Gasteiger partial charge in [0, 0.05) is 6.61 Å². The van der Waals surface area contributed by atoms with E-state index in [1.54, 1.807) is 6.92 Å². The summed E-state index contributed by atoms with van der Waals surface area (Å²) < 4.78 is 0. The van der Waals surface area contributed by atoms with Crippen molar-refractivity contribution in [2.75, 3.05) is 19.8 Å². The molecule has 0 fully saturated rings. The van der Waals surface area contributed by atoms with Crippen LogP contribution in [0.5, 0.6) is 0 Å². The molecule has 0 aromatic carbocycles. The number of hydrogen-bond donors (Lipinski definition) is 3. The molecule has 0 amide bonds. The van der Waals surface area contributed by atoms with Crippen molar-refractivity contribution in [2.24, 2.45) is 11.3 Å². The SMILES string of the molecule is CC(CO)C(C=O)(CO)CO. The second kappa shape index (κ2) is 4.43. The molecule has 0 aliphatic heterocycles. The summed E-state index contributed by atoms with van der Waals surface area (Å²) in [5.41, 5.74) is -1.19. The largest absolute Gasteiger partial charge is 0.396 e. The van der Waals surface area contributed by atoms with Crippen LogP contribution in [0.15, 0.2) is 0 Å². The molecular formula is C7H14O4. The second-order valence-corrected chi connectivity index (χ2v) is 2.75. The third-order valence-electron chi connectivity index (χ3n) is 2.08. The van der Waals surface area contributed by atoms with Crippen molar-refractivity contribution in [2.45, 2.75) is 6.92 Å². The first-order chi connectivity index (χ1) is 5.16. The van der Waals surface area contributed by atoms with Crippen LogP contribution in [0.1, 0.15) is 6.92 Å². The summed E-state index contributed by atoms with van der Waals surface area (Å²) in [5.74, 6) is -0.421. The summed E-state index contributed by atoms with van der Waals surface area (Å²) in [4.78, 5) is 10.5. The number of aldehydes is 1. The molecular weight excluding hydrogens is 148 g/mol. The standard InChI is InChI=1S/C7H14O4/c1-6(2-8)7(3-9,4-10)5-11/h3,6,8,10-11H,2,4-5H2,1H3. The fourth-order valence-electron chi connectivity index (χ4n) is 0.734. The molecule has 11 heavy (non-hydrogen) atoms. The summed E-state index contributed by atoms with van der Waals surface area (Å²) in [6.45, 7) is 0.504. The lowest BCUT2D eigenvalue weighted by Gasteiger charge is -2.28.